The maximum Gasteiger partial charge on any atom is 0.0273 e. The van der Waals surface area contributed by atoms with Crippen LogP contribution in [0.1, 0.15) is 0 Å². The van der Waals surface area contributed by atoms with Gasteiger partial charge in [-0.3, -0.25) is 4.98 Å². The molecule has 8 rings (SSSR count). The summed E-state index contributed by atoms with van der Waals surface area (Å²) in [7, 11) is 0. The molecule has 0 saturated heterocycles. The number of hydrogen-bond acceptors (Lipinski definition) is 1. The average Bonchev–Trinajstić information content (AvgIpc) is 3.07. The minimum Gasteiger partial charge on any atom is -0.265 e. The molecule has 1 aromatic heterocycles. The number of aromatic nitrogens is 1. The number of nitrogens with zero attached hydrogens (tertiary/aromatic N) is 1. The van der Waals surface area contributed by atoms with Crippen LogP contribution in [-0.2, 0) is 0 Å². The molecule has 7 aromatic carbocycles. The van der Waals surface area contributed by atoms with Gasteiger partial charge in [0.05, 0.1) is 0 Å². The molecule has 1 heterocycles. The first-order chi connectivity index (χ1) is 20.9. The Hall–Kier alpha value is -5.53. The highest BCUT2D eigenvalue weighted by Crippen LogP contribution is 2.46. The van der Waals surface area contributed by atoms with E-state index in [1.165, 1.54) is 76.8 Å². The van der Waals surface area contributed by atoms with Gasteiger partial charge in [-0.15, -0.1) is 0 Å². The Morgan fingerprint density at radius 1 is 0.286 bits per heavy atom. The van der Waals surface area contributed by atoms with E-state index in [2.05, 4.69) is 157 Å². The summed E-state index contributed by atoms with van der Waals surface area (Å²) in [6, 6.07) is 55.0. The van der Waals surface area contributed by atoms with Crippen LogP contribution in [0.2, 0.25) is 0 Å². The van der Waals surface area contributed by atoms with Crippen molar-refractivity contribution in [2.24, 2.45) is 0 Å². The van der Waals surface area contributed by atoms with Crippen LogP contribution in [0.4, 0.5) is 0 Å². The number of rotatable bonds is 4. The predicted octanol–water partition coefficient (Wildman–Crippen LogP) is 11.2. The van der Waals surface area contributed by atoms with Gasteiger partial charge in [0.25, 0.3) is 0 Å². The molecule has 0 bridgehead atoms. The molecular formula is C41H27N. The van der Waals surface area contributed by atoms with Crippen LogP contribution in [0.3, 0.4) is 0 Å². The standard InChI is InChI=1S/C41H27N/c1-2-11-29(12-3-1)40-35-17-6-8-19-37(35)41(38-20-9-7-18-36(38)40)39-22-21-32(33-15-4-5-16-34(33)39)31-14-10-13-30(27-31)28-23-25-42-26-24-28/h1-27H. The first-order valence-electron chi connectivity index (χ1n) is 14.4. The zero-order valence-corrected chi connectivity index (χ0v) is 23.0. The molecule has 0 aliphatic heterocycles. The third kappa shape index (κ3) is 3.98. The molecule has 1 nitrogen and oxygen atoms in total. The first-order valence-corrected chi connectivity index (χ1v) is 14.4. The molecule has 0 amide bonds. The lowest BCUT2D eigenvalue weighted by Gasteiger charge is -2.19. The van der Waals surface area contributed by atoms with Gasteiger partial charge in [-0.25, -0.2) is 0 Å². The maximum atomic E-state index is 4.20. The van der Waals surface area contributed by atoms with Crippen LogP contribution < -0.4 is 0 Å². The molecule has 1 heteroatoms. The van der Waals surface area contributed by atoms with Crippen molar-refractivity contribution < 1.29 is 0 Å². The molecule has 0 radical (unpaired) electrons. The molecule has 0 N–H and O–H groups in total. The van der Waals surface area contributed by atoms with Gasteiger partial charge in [0.15, 0.2) is 0 Å². The summed E-state index contributed by atoms with van der Waals surface area (Å²) in [5.41, 5.74) is 9.88. The molecule has 0 fully saturated rings. The smallest absolute Gasteiger partial charge is 0.0273 e. The predicted molar refractivity (Wildman–Crippen MR) is 178 cm³/mol. The van der Waals surface area contributed by atoms with Crippen LogP contribution in [0.5, 0.6) is 0 Å². The largest absolute Gasteiger partial charge is 0.265 e. The van der Waals surface area contributed by atoms with E-state index in [9.17, 15) is 0 Å². The van der Waals surface area contributed by atoms with Crippen molar-refractivity contribution in [1.82, 2.24) is 4.98 Å². The van der Waals surface area contributed by atoms with Crippen molar-refractivity contribution in [3.63, 3.8) is 0 Å². The summed E-state index contributed by atoms with van der Waals surface area (Å²) in [6.45, 7) is 0. The fraction of sp³-hybridized carbons (Fsp3) is 0. The normalized spacial score (nSPS) is 11.3. The van der Waals surface area contributed by atoms with Crippen molar-refractivity contribution >= 4 is 32.3 Å². The van der Waals surface area contributed by atoms with E-state index in [0.717, 1.165) is 0 Å². The average molecular weight is 534 g/mol. The van der Waals surface area contributed by atoms with Gasteiger partial charge in [-0.2, -0.15) is 0 Å². The fourth-order valence-electron chi connectivity index (χ4n) is 6.51. The molecule has 42 heavy (non-hydrogen) atoms. The number of pyridine rings is 1. The van der Waals surface area contributed by atoms with Crippen molar-refractivity contribution in [1.29, 1.82) is 0 Å². The summed E-state index contributed by atoms with van der Waals surface area (Å²) < 4.78 is 0. The zero-order valence-electron chi connectivity index (χ0n) is 23.0. The topological polar surface area (TPSA) is 12.9 Å². The SMILES string of the molecule is c1ccc(-c2c3ccccc3c(-c3ccc(-c4cccc(-c5ccncc5)c4)c4ccccc34)c3ccccc23)cc1. The first kappa shape index (κ1) is 24.3. The van der Waals surface area contributed by atoms with Crippen molar-refractivity contribution in [2.45, 2.75) is 0 Å². The Kier molecular flexibility index (Phi) is 5.86. The molecule has 0 atom stereocenters. The van der Waals surface area contributed by atoms with Gasteiger partial charge in [-0.05, 0) is 95.0 Å². The minimum absolute atomic E-state index is 1.17. The Bertz CT molecular complexity index is 2170. The molecule has 0 aliphatic rings. The zero-order chi connectivity index (χ0) is 27.9. The van der Waals surface area contributed by atoms with Crippen molar-refractivity contribution in [3.05, 3.63) is 164 Å². The quantitative estimate of drug-likeness (QED) is 0.205. The van der Waals surface area contributed by atoms with Crippen molar-refractivity contribution in [2.75, 3.05) is 0 Å². The highest BCUT2D eigenvalue weighted by Gasteiger charge is 2.18. The van der Waals surface area contributed by atoms with Gasteiger partial charge < -0.3 is 0 Å². The van der Waals surface area contributed by atoms with Gasteiger partial charge in [0, 0.05) is 12.4 Å². The second kappa shape index (κ2) is 10.1. The van der Waals surface area contributed by atoms with Gasteiger partial charge in [-0.1, -0.05) is 133 Å². The maximum absolute atomic E-state index is 4.20. The Labute approximate surface area is 245 Å². The fourth-order valence-corrected chi connectivity index (χ4v) is 6.51. The van der Waals surface area contributed by atoms with Crippen LogP contribution in [0, 0.1) is 0 Å². The van der Waals surface area contributed by atoms with Crippen LogP contribution in [-0.4, -0.2) is 4.98 Å². The molecule has 0 aliphatic carbocycles. The van der Waals surface area contributed by atoms with E-state index in [4.69, 9.17) is 0 Å². The highest BCUT2D eigenvalue weighted by atomic mass is 14.6. The Balaban J connectivity index is 1.41. The van der Waals surface area contributed by atoms with Crippen LogP contribution in [0.15, 0.2) is 164 Å². The van der Waals surface area contributed by atoms with E-state index in [-0.39, 0.29) is 0 Å². The van der Waals surface area contributed by atoms with E-state index < -0.39 is 0 Å². The molecule has 8 aromatic rings. The third-order valence-corrected chi connectivity index (χ3v) is 8.37. The number of fused-ring (bicyclic) bond motifs is 3. The number of hydrogen-bond donors (Lipinski definition) is 0. The van der Waals surface area contributed by atoms with E-state index >= 15 is 0 Å². The van der Waals surface area contributed by atoms with Gasteiger partial charge in [0.1, 0.15) is 0 Å². The number of benzene rings is 7. The lowest BCUT2D eigenvalue weighted by molar-refractivity contribution is 1.33. The molecule has 196 valence electrons. The molecule has 0 spiro atoms. The van der Waals surface area contributed by atoms with E-state index in [1.54, 1.807) is 0 Å². The molecular weight excluding hydrogens is 506 g/mol. The monoisotopic (exact) mass is 533 g/mol. The third-order valence-electron chi connectivity index (χ3n) is 8.37. The second-order valence-electron chi connectivity index (χ2n) is 10.7. The highest BCUT2D eigenvalue weighted by molar-refractivity contribution is 6.24. The summed E-state index contributed by atoms with van der Waals surface area (Å²) in [5.74, 6) is 0. The van der Waals surface area contributed by atoms with Gasteiger partial charge >= 0.3 is 0 Å². The van der Waals surface area contributed by atoms with Gasteiger partial charge in [0.2, 0.25) is 0 Å². The van der Waals surface area contributed by atoms with Crippen molar-refractivity contribution in [3.8, 4) is 44.5 Å². The summed E-state index contributed by atoms with van der Waals surface area (Å²) in [6.07, 6.45) is 3.70. The lowest BCUT2D eigenvalue weighted by atomic mass is 9.83. The summed E-state index contributed by atoms with van der Waals surface area (Å²) in [4.78, 5) is 4.20. The summed E-state index contributed by atoms with van der Waals surface area (Å²) >= 11 is 0. The summed E-state index contributed by atoms with van der Waals surface area (Å²) in [5, 5.41) is 7.60. The van der Waals surface area contributed by atoms with E-state index in [0.29, 0.717) is 0 Å². The molecule has 0 unspecified atom stereocenters. The Morgan fingerprint density at radius 3 is 1.40 bits per heavy atom. The Morgan fingerprint density at radius 2 is 0.762 bits per heavy atom. The second-order valence-corrected chi connectivity index (χ2v) is 10.7. The van der Waals surface area contributed by atoms with Crippen LogP contribution in [0.25, 0.3) is 76.8 Å². The lowest BCUT2D eigenvalue weighted by Crippen LogP contribution is -1.92. The minimum atomic E-state index is 1.17. The van der Waals surface area contributed by atoms with Crippen LogP contribution >= 0.6 is 0 Å². The molecule has 0 saturated carbocycles. The van der Waals surface area contributed by atoms with E-state index in [1.807, 2.05) is 12.4 Å².